The Morgan fingerprint density at radius 2 is 1.74 bits per heavy atom. The van der Waals surface area contributed by atoms with Crippen molar-refractivity contribution in [3.8, 4) is 0 Å². The Balaban J connectivity index is 0.00000264. The molecule has 2 aromatic rings. The molecular formula is C18H22ClFN2O. The molecule has 1 amide bonds. The maximum Gasteiger partial charge on any atom is 0.224 e. The van der Waals surface area contributed by atoms with Crippen LogP contribution in [0, 0.1) is 5.82 Å². The summed E-state index contributed by atoms with van der Waals surface area (Å²) < 4.78 is 12.8. The van der Waals surface area contributed by atoms with Gasteiger partial charge in [0.1, 0.15) is 5.82 Å². The van der Waals surface area contributed by atoms with Gasteiger partial charge in [-0.1, -0.05) is 42.5 Å². The van der Waals surface area contributed by atoms with E-state index in [0.717, 1.165) is 11.1 Å². The Bertz CT molecular complexity index is 604. The van der Waals surface area contributed by atoms with Crippen molar-refractivity contribution in [1.29, 1.82) is 0 Å². The van der Waals surface area contributed by atoms with Gasteiger partial charge >= 0.3 is 0 Å². The standard InChI is InChI=1S/C18H21FN2O.ClH/c1-21(12-11-14-7-9-16(19)10-8-14)18(22)13-17(20)15-5-3-2-4-6-15;/h2-10,17H,11-13,20H2,1H3;1H. The molecule has 1 atom stereocenters. The van der Waals surface area contributed by atoms with Crippen LogP contribution in [0.2, 0.25) is 0 Å². The first-order valence-corrected chi connectivity index (χ1v) is 7.35. The fourth-order valence-electron chi connectivity index (χ4n) is 2.23. The van der Waals surface area contributed by atoms with Crippen molar-refractivity contribution in [3.05, 3.63) is 71.5 Å². The van der Waals surface area contributed by atoms with E-state index in [1.54, 1.807) is 24.1 Å². The van der Waals surface area contributed by atoms with E-state index in [-0.39, 0.29) is 36.6 Å². The first kappa shape index (κ1) is 19.1. The van der Waals surface area contributed by atoms with Crippen molar-refractivity contribution in [2.75, 3.05) is 13.6 Å². The van der Waals surface area contributed by atoms with Gasteiger partial charge in [-0.2, -0.15) is 0 Å². The van der Waals surface area contributed by atoms with Crippen LogP contribution in [0.1, 0.15) is 23.6 Å². The number of amides is 1. The zero-order valence-corrected chi connectivity index (χ0v) is 13.9. The molecule has 1 unspecified atom stereocenters. The summed E-state index contributed by atoms with van der Waals surface area (Å²) in [4.78, 5) is 13.9. The van der Waals surface area contributed by atoms with Gasteiger partial charge < -0.3 is 10.6 Å². The largest absolute Gasteiger partial charge is 0.345 e. The molecule has 2 N–H and O–H groups in total. The minimum Gasteiger partial charge on any atom is -0.345 e. The van der Waals surface area contributed by atoms with E-state index in [4.69, 9.17) is 5.73 Å². The SMILES string of the molecule is CN(CCc1ccc(F)cc1)C(=O)CC(N)c1ccccc1.Cl. The molecule has 23 heavy (non-hydrogen) atoms. The third kappa shape index (κ3) is 6.00. The molecule has 0 aliphatic rings. The second-order valence-corrected chi connectivity index (χ2v) is 5.41. The van der Waals surface area contributed by atoms with E-state index in [9.17, 15) is 9.18 Å². The van der Waals surface area contributed by atoms with Crippen molar-refractivity contribution in [3.63, 3.8) is 0 Å². The van der Waals surface area contributed by atoms with Gasteiger partial charge in [-0.3, -0.25) is 4.79 Å². The van der Waals surface area contributed by atoms with E-state index in [2.05, 4.69) is 0 Å². The monoisotopic (exact) mass is 336 g/mol. The molecule has 0 aromatic heterocycles. The molecule has 0 aliphatic heterocycles. The molecule has 0 saturated heterocycles. The highest BCUT2D eigenvalue weighted by atomic mass is 35.5. The zero-order valence-electron chi connectivity index (χ0n) is 13.1. The summed E-state index contributed by atoms with van der Waals surface area (Å²) in [6, 6.07) is 15.7. The molecule has 0 heterocycles. The number of nitrogens with zero attached hydrogens (tertiary/aromatic N) is 1. The molecule has 0 aliphatic carbocycles. The van der Waals surface area contributed by atoms with Crippen LogP contribution in [0.5, 0.6) is 0 Å². The highest BCUT2D eigenvalue weighted by Gasteiger charge is 2.15. The molecule has 5 heteroatoms. The molecule has 3 nitrogen and oxygen atoms in total. The number of hydrogen-bond acceptors (Lipinski definition) is 2. The van der Waals surface area contributed by atoms with E-state index >= 15 is 0 Å². The molecule has 0 spiro atoms. The lowest BCUT2D eigenvalue weighted by atomic mass is 10.0. The fraction of sp³-hybridized carbons (Fsp3) is 0.278. The van der Waals surface area contributed by atoms with Crippen LogP contribution in [0.25, 0.3) is 0 Å². The highest BCUT2D eigenvalue weighted by molar-refractivity contribution is 5.85. The summed E-state index contributed by atoms with van der Waals surface area (Å²) in [5.41, 5.74) is 8.04. The Morgan fingerprint density at radius 1 is 1.13 bits per heavy atom. The normalized spacial score (nSPS) is 11.4. The molecule has 2 rings (SSSR count). The number of carbonyl (C=O) groups excluding carboxylic acids is 1. The second-order valence-electron chi connectivity index (χ2n) is 5.41. The van der Waals surface area contributed by atoms with Crippen LogP contribution in [-0.2, 0) is 11.2 Å². The number of nitrogens with two attached hydrogens (primary N) is 1. The number of rotatable bonds is 6. The summed E-state index contributed by atoms with van der Waals surface area (Å²) in [6.45, 7) is 0.589. The van der Waals surface area contributed by atoms with Crippen LogP contribution in [-0.4, -0.2) is 24.4 Å². The van der Waals surface area contributed by atoms with E-state index in [1.165, 1.54) is 12.1 Å². The fourth-order valence-corrected chi connectivity index (χ4v) is 2.23. The molecule has 2 aromatic carbocycles. The minimum atomic E-state index is -0.290. The average Bonchev–Trinajstić information content (AvgIpc) is 2.54. The summed E-state index contributed by atoms with van der Waals surface area (Å²) in [6.07, 6.45) is 0.979. The van der Waals surface area contributed by atoms with Gasteiger partial charge in [0.05, 0.1) is 0 Å². The number of likely N-dealkylation sites (N-methyl/N-ethyl adjacent to an activating group) is 1. The summed E-state index contributed by atoms with van der Waals surface area (Å²) in [5.74, 6) is -0.236. The smallest absolute Gasteiger partial charge is 0.224 e. The summed E-state index contributed by atoms with van der Waals surface area (Å²) in [5, 5.41) is 0. The van der Waals surface area contributed by atoms with Gasteiger partial charge in [0.2, 0.25) is 5.91 Å². The van der Waals surface area contributed by atoms with Crippen LogP contribution in [0.3, 0.4) is 0 Å². The Labute approximate surface area is 142 Å². The topological polar surface area (TPSA) is 46.3 Å². The van der Waals surface area contributed by atoms with Gasteiger partial charge in [-0.25, -0.2) is 4.39 Å². The average molecular weight is 337 g/mol. The minimum absolute atomic E-state index is 0. The molecule has 0 saturated carbocycles. The number of hydrogen-bond donors (Lipinski definition) is 1. The Hall–Kier alpha value is -1.91. The van der Waals surface area contributed by atoms with Crippen molar-refractivity contribution >= 4 is 18.3 Å². The van der Waals surface area contributed by atoms with E-state index in [1.807, 2.05) is 30.3 Å². The lowest BCUT2D eigenvalue weighted by Crippen LogP contribution is -2.31. The van der Waals surface area contributed by atoms with Crippen molar-refractivity contribution in [2.45, 2.75) is 18.9 Å². The van der Waals surface area contributed by atoms with Gasteiger partial charge in [0.25, 0.3) is 0 Å². The number of carbonyl (C=O) groups is 1. The second kappa shape index (κ2) is 9.28. The lowest BCUT2D eigenvalue weighted by molar-refractivity contribution is -0.130. The Kier molecular flexibility index (Phi) is 7.72. The van der Waals surface area contributed by atoms with Crippen LogP contribution in [0.4, 0.5) is 4.39 Å². The first-order chi connectivity index (χ1) is 10.6. The first-order valence-electron chi connectivity index (χ1n) is 7.35. The molecule has 0 bridgehead atoms. The van der Waals surface area contributed by atoms with Gasteiger partial charge in [0.15, 0.2) is 0 Å². The number of halogens is 2. The van der Waals surface area contributed by atoms with Gasteiger partial charge in [-0.05, 0) is 29.7 Å². The van der Waals surface area contributed by atoms with Crippen molar-refractivity contribution in [1.82, 2.24) is 4.90 Å². The lowest BCUT2D eigenvalue weighted by Gasteiger charge is -2.20. The van der Waals surface area contributed by atoms with E-state index in [0.29, 0.717) is 13.0 Å². The van der Waals surface area contributed by atoms with Crippen molar-refractivity contribution < 1.29 is 9.18 Å². The third-order valence-electron chi connectivity index (χ3n) is 3.70. The molecule has 0 fully saturated rings. The Morgan fingerprint density at radius 3 is 2.35 bits per heavy atom. The van der Waals surface area contributed by atoms with Crippen LogP contribution < -0.4 is 5.73 Å². The maximum absolute atomic E-state index is 12.8. The predicted molar refractivity (Wildman–Crippen MR) is 93.0 cm³/mol. The predicted octanol–water partition coefficient (Wildman–Crippen LogP) is 3.34. The summed E-state index contributed by atoms with van der Waals surface area (Å²) >= 11 is 0. The third-order valence-corrected chi connectivity index (χ3v) is 3.70. The van der Waals surface area contributed by atoms with Crippen LogP contribution >= 0.6 is 12.4 Å². The van der Waals surface area contributed by atoms with Gasteiger partial charge in [0, 0.05) is 26.1 Å². The number of benzene rings is 2. The maximum atomic E-state index is 12.8. The quantitative estimate of drug-likeness (QED) is 0.879. The highest BCUT2D eigenvalue weighted by Crippen LogP contribution is 2.14. The molecule has 124 valence electrons. The van der Waals surface area contributed by atoms with Crippen molar-refractivity contribution in [2.24, 2.45) is 5.73 Å². The van der Waals surface area contributed by atoms with Gasteiger partial charge in [-0.15, -0.1) is 12.4 Å². The molecule has 0 radical (unpaired) electrons. The molecular weight excluding hydrogens is 315 g/mol. The van der Waals surface area contributed by atoms with Crippen LogP contribution in [0.15, 0.2) is 54.6 Å². The van der Waals surface area contributed by atoms with E-state index < -0.39 is 0 Å². The summed E-state index contributed by atoms with van der Waals surface area (Å²) in [7, 11) is 1.77. The zero-order chi connectivity index (χ0) is 15.9.